The standard InChI is InChI=1S/C74H54N6/c1-73(2)65-41-47(23-31-57(65)59-35-29-51(43-67(59)73)79(53-13-11-37-75-45-53)69-19-5-7-39-77-69)21-25-49-27-33-63-62-18-10-16-56-50(28-34-64(72(56)62)61-17-9-15-55(49)71(61)63)26-22-48-24-32-58-60-36-30-52(44-68(60)74(3,4)66(58)42-48)80(54-14-12-38-76-46-54)70-20-6-8-40-78-70/h5-46H,1-4H3/b25-21+,26-22+. The van der Waals surface area contributed by atoms with Gasteiger partial charge in [0.05, 0.1) is 23.8 Å². The van der Waals surface area contributed by atoms with Crippen molar-refractivity contribution in [3.8, 4) is 22.3 Å². The van der Waals surface area contributed by atoms with Crippen molar-refractivity contribution in [2.45, 2.75) is 38.5 Å². The predicted octanol–water partition coefficient (Wildman–Crippen LogP) is 19.2. The van der Waals surface area contributed by atoms with E-state index in [0.29, 0.717) is 0 Å². The number of rotatable bonds is 10. The van der Waals surface area contributed by atoms with E-state index in [1.807, 2.05) is 85.7 Å². The summed E-state index contributed by atoms with van der Waals surface area (Å²) in [7, 11) is 0. The molecule has 380 valence electrons. The Kier molecular flexibility index (Phi) is 10.8. The Hall–Kier alpha value is -10.0. The molecule has 13 aromatic rings. The third-order valence-corrected chi connectivity index (χ3v) is 17.1. The molecule has 0 unspecified atom stereocenters. The van der Waals surface area contributed by atoms with Crippen molar-refractivity contribution in [3.05, 3.63) is 276 Å². The zero-order chi connectivity index (χ0) is 53.7. The summed E-state index contributed by atoms with van der Waals surface area (Å²) in [4.78, 5) is 22.8. The summed E-state index contributed by atoms with van der Waals surface area (Å²) in [5, 5.41) is 10.2. The number of hydrogen-bond donors (Lipinski definition) is 0. The lowest BCUT2D eigenvalue weighted by molar-refractivity contribution is 0.660. The van der Waals surface area contributed by atoms with E-state index >= 15 is 0 Å². The first kappa shape index (κ1) is 47.2. The maximum atomic E-state index is 4.75. The average molecular weight is 1030 g/mol. The minimum atomic E-state index is -0.218. The molecule has 0 bridgehead atoms. The first-order chi connectivity index (χ1) is 39.2. The zero-order valence-electron chi connectivity index (χ0n) is 44.9. The number of pyridine rings is 4. The SMILES string of the molecule is CC1(C)c2cc(/C=C/c3ccc4c5cccc6c(/C=C/c7ccc8c(c7)C(C)(C)c7cc(N(c9cccnc9)c9ccccn9)ccc7-8)ccc(c7cccc3c74)c65)ccc2-c2ccc(N(c3cccnc3)c3ccccn3)cc21. The quantitative estimate of drug-likeness (QED) is 0.0773. The van der Waals surface area contributed by atoms with E-state index in [1.54, 1.807) is 0 Å². The van der Waals surface area contributed by atoms with Crippen molar-refractivity contribution in [2.75, 3.05) is 9.80 Å². The van der Waals surface area contributed by atoms with Gasteiger partial charge < -0.3 is 0 Å². The molecule has 2 aliphatic rings. The van der Waals surface area contributed by atoms with E-state index in [-0.39, 0.29) is 10.8 Å². The summed E-state index contributed by atoms with van der Waals surface area (Å²) in [6.07, 6.45) is 20.3. The van der Waals surface area contributed by atoms with Crippen molar-refractivity contribution in [1.82, 2.24) is 19.9 Å². The topological polar surface area (TPSA) is 58.0 Å². The van der Waals surface area contributed by atoms with Crippen LogP contribution in [-0.4, -0.2) is 19.9 Å². The molecule has 0 aliphatic heterocycles. The molecule has 0 spiro atoms. The van der Waals surface area contributed by atoms with E-state index in [2.05, 4.69) is 217 Å². The van der Waals surface area contributed by atoms with Crippen LogP contribution < -0.4 is 9.80 Å². The third-order valence-electron chi connectivity index (χ3n) is 17.1. The van der Waals surface area contributed by atoms with Gasteiger partial charge in [0.1, 0.15) is 11.6 Å². The maximum absolute atomic E-state index is 4.75. The minimum Gasteiger partial charge on any atom is -0.293 e. The molecule has 9 aromatic carbocycles. The van der Waals surface area contributed by atoms with Gasteiger partial charge in [-0.25, -0.2) is 9.97 Å². The van der Waals surface area contributed by atoms with Gasteiger partial charge in [-0.2, -0.15) is 0 Å². The molecule has 0 amide bonds. The largest absolute Gasteiger partial charge is 0.293 e. The van der Waals surface area contributed by atoms with Crippen molar-refractivity contribution in [2.24, 2.45) is 0 Å². The number of nitrogens with zero attached hydrogens (tertiary/aromatic N) is 6. The van der Waals surface area contributed by atoms with Gasteiger partial charge in [0.2, 0.25) is 0 Å². The molecule has 0 radical (unpaired) electrons. The molecule has 4 heterocycles. The Morgan fingerprint density at radius 1 is 0.325 bits per heavy atom. The summed E-state index contributed by atoms with van der Waals surface area (Å²) in [5.41, 5.74) is 18.8. The first-order valence-electron chi connectivity index (χ1n) is 27.5. The molecule has 0 fully saturated rings. The molecule has 6 nitrogen and oxygen atoms in total. The van der Waals surface area contributed by atoms with Crippen molar-refractivity contribution >= 4 is 102 Å². The average Bonchev–Trinajstić information content (AvgIpc) is 3.68. The van der Waals surface area contributed by atoms with Gasteiger partial charge in [-0.1, -0.05) is 173 Å². The lowest BCUT2D eigenvalue weighted by Gasteiger charge is -2.27. The molecule has 0 atom stereocenters. The number of hydrogen-bond acceptors (Lipinski definition) is 6. The molecule has 2 aliphatic carbocycles. The van der Waals surface area contributed by atoms with Crippen LogP contribution in [0.3, 0.4) is 0 Å². The minimum absolute atomic E-state index is 0.218. The molecule has 4 aromatic heterocycles. The first-order valence-corrected chi connectivity index (χ1v) is 27.5. The fourth-order valence-corrected chi connectivity index (χ4v) is 13.2. The van der Waals surface area contributed by atoms with E-state index in [0.717, 1.165) is 34.4 Å². The number of aromatic nitrogens is 4. The van der Waals surface area contributed by atoms with Crippen LogP contribution in [0.1, 0.15) is 72.2 Å². The summed E-state index contributed by atoms with van der Waals surface area (Å²) in [6, 6.07) is 70.7. The Morgan fingerprint density at radius 3 is 1.15 bits per heavy atom. The van der Waals surface area contributed by atoms with E-state index in [1.165, 1.54) is 110 Å². The van der Waals surface area contributed by atoms with Crippen molar-refractivity contribution < 1.29 is 0 Å². The highest BCUT2D eigenvalue weighted by atomic mass is 15.2. The second-order valence-electron chi connectivity index (χ2n) is 22.3. The molecule has 0 saturated heterocycles. The Morgan fingerprint density at radius 2 is 0.738 bits per heavy atom. The van der Waals surface area contributed by atoms with Crippen LogP contribution in [0.15, 0.2) is 231 Å². The molecule has 0 N–H and O–H groups in total. The van der Waals surface area contributed by atoms with Gasteiger partial charge in [-0.15, -0.1) is 0 Å². The number of benzene rings is 9. The van der Waals surface area contributed by atoms with Crippen LogP contribution in [0.25, 0.3) is 89.6 Å². The Labute approximate surface area is 465 Å². The summed E-state index contributed by atoms with van der Waals surface area (Å²) in [6.45, 7) is 9.39. The normalized spacial score (nSPS) is 13.8. The van der Waals surface area contributed by atoms with Gasteiger partial charge >= 0.3 is 0 Å². The monoisotopic (exact) mass is 1030 g/mol. The molecule has 0 saturated carbocycles. The third kappa shape index (κ3) is 7.47. The maximum Gasteiger partial charge on any atom is 0.137 e. The molecule has 15 rings (SSSR count). The summed E-state index contributed by atoms with van der Waals surface area (Å²) >= 11 is 0. The number of anilines is 6. The van der Waals surface area contributed by atoms with Gasteiger partial charge in [-0.3, -0.25) is 19.8 Å². The predicted molar refractivity (Wildman–Crippen MR) is 334 cm³/mol. The number of fused-ring (bicyclic) bond motifs is 8. The van der Waals surface area contributed by atoms with Crippen LogP contribution in [0.5, 0.6) is 0 Å². The Balaban J connectivity index is 0.728. The zero-order valence-corrected chi connectivity index (χ0v) is 44.9. The van der Waals surface area contributed by atoms with Crippen LogP contribution in [-0.2, 0) is 10.8 Å². The molecular formula is C74H54N6. The summed E-state index contributed by atoms with van der Waals surface area (Å²) < 4.78 is 0. The lowest BCUT2D eigenvalue weighted by Crippen LogP contribution is -2.17. The Bertz CT molecular complexity index is 4250. The van der Waals surface area contributed by atoms with Crippen molar-refractivity contribution in [3.63, 3.8) is 0 Å². The summed E-state index contributed by atoms with van der Waals surface area (Å²) in [5.74, 6) is 1.70. The second kappa shape index (κ2) is 18.3. The smallest absolute Gasteiger partial charge is 0.137 e. The van der Waals surface area contributed by atoms with E-state index < -0.39 is 0 Å². The fourth-order valence-electron chi connectivity index (χ4n) is 13.2. The highest BCUT2D eigenvalue weighted by Crippen LogP contribution is 2.53. The highest BCUT2D eigenvalue weighted by Gasteiger charge is 2.38. The molecular weight excluding hydrogens is 973 g/mol. The second-order valence-corrected chi connectivity index (χ2v) is 22.3. The van der Waals surface area contributed by atoms with Gasteiger partial charge in [0.15, 0.2) is 0 Å². The fraction of sp³-hybridized carbons (Fsp3) is 0.0811. The van der Waals surface area contributed by atoms with Gasteiger partial charge in [0, 0.05) is 47.0 Å². The van der Waals surface area contributed by atoms with Crippen LogP contribution in [0.2, 0.25) is 0 Å². The van der Waals surface area contributed by atoms with E-state index in [9.17, 15) is 0 Å². The molecule has 80 heavy (non-hydrogen) atoms. The van der Waals surface area contributed by atoms with E-state index in [4.69, 9.17) is 9.97 Å². The van der Waals surface area contributed by atoms with Gasteiger partial charge in [-0.05, 0) is 183 Å². The molecule has 6 heteroatoms. The van der Waals surface area contributed by atoms with Crippen LogP contribution in [0, 0.1) is 0 Å². The highest BCUT2D eigenvalue weighted by molar-refractivity contribution is 6.34. The van der Waals surface area contributed by atoms with Gasteiger partial charge in [0.25, 0.3) is 0 Å². The van der Waals surface area contributed by atoms with Crippen LogP contribution >= 0.6 is 0 Å². The lowest BCUT2D eigenvalue weighted by atomic mass is 9.81. The van der Waals surface area contributed by atoms with Crippen LogP contribution in [0.4, 0.5) is 34.4 Å². The van der Waals surface area contributed by atoms with Crippen molar-refractivity contribution in [1.29, 1.82) is 0 Å².